The van der Waals surface area contributed by atoms with Gasteiger partial charge in [0.2, 0.25) is 0 Å². The molecule has 0 radical (unpaired) electrons. The Bertz CT molecular complexity index is 1290. The zero-order valence-electron chi connectivity index (χ0n) is 19.7. The van der Waals surface area contributed by atoms with Gasteiger partial charge in [0.25, 0.3) is 5.91 Å². The molecule has 0 bridgehead atoms. The summed E-state index contributed by atoms with van der Waals surface area (Å²) in [4.78, 5) is 23.5. The van der Waals surface area contributed by atoms with Gasteiger partial charge in [-0.05, 0) is 72.6 Å². The van der Waals surface area contributed by atoms with E-state index in [2.05, 4.69) is 26.1 Å². The van der Waals surface area contributed by atoms with Crippen molar-refractivity contribution in [2.75, 3.05) is 36.5 Å². The van der Waals surface area contributed by atoms with Crippen LogP contribution in [0.5, 0.6) is 0 Å². The maximum absolute atomic E-state index is 15.8. The van der Waals surface area contributed by atoms with Crippen molar-refractivity contribution < 1.29 is 13.9 Å². The zero-order chi connectivity index (χ0) is 24.4. The normalized spacial score (nSPS) is 15.9. The molecular formula is C28H27FN4O2. The van der Waals surface area contributed by atoms with Gasteiger partial charge in [-0.25, -0.2) is 9.37 Å². The van der Waals surface area contributed by atoms with E-state index in [0.717, 1.165) is 54.7 Å². The molecule has 3 aromatic rings. The molecule has 1 aliphatic heterocycles. The van der Waals surface area contributed by atoms with Crippen LogP contribution in [0.15, 0.2) is 42.9 Å². The van der Waals surface area contributed by atoms with Crippen LogP contribution in [0.2, 0.25) is 0 Å². The molecule has 1 aromatic carbocycles. The molecular weight excluding hydrogens is 443 g/mol. The number of ether oxygens (including phenoxy) is 1. The highest BCUT2D eigenvalue weighted by molar-refractivity contribution is 6.04. The third kappa shape index (κ3) is 4.50. The lowest BCUT2D eigenvalue weighted by Crippen LogP contribution is -2.36. The van der Waals surface area contributed by atoms with Crippen molar-refractivity contribution in [1.82, 2.24) is 9.97 Å². The fraction of sp³-hybridized carbons (Fsp3) is 0.321. The number of carbonyl (C=O) groups is 1. The number of benzene rings is 1. The topological polar surface area (TPSA) is 67.4 Å². The fourth-order valence-corrected chi connectivity index (χ4v) is 4.80. The first-order chi connectivity index (χ1) is 17.1. The number of hydrogen-bond acceptors (Lipinski definition) is 5. The molecule has 1 N–H and O–H groups in total. The van der Waals surface area contributed by atoms with Crippen molar-refractivity contribution in [2.45, 2.75) is 32.1 Å². The van der Waals surface area contributed by atoms with Crippen LogP contribution in [-0.4, -0.2) is 42.2 Å². The minimum Gasteiger partial charge on any atom is -0.378 e. The Labute approximate surface area is 204 Å². The molecule has 1 amide bonds. The van der Waals surface area contributed by atoms with Crippen LogP contribution < -0.4 is 10.2 Å². The summed E-state index contributed by atoms with van der Waals surface area (Å²) in [7, 11) is 0. The molecule has 2 fully saturated rings. The van der Waals surface area contributed by atoms with Gasteiger partial charge in [0.1, 0.15) is 11.5 Å². The number of hydrogen-bond donors (Lipinski definition) is 1. The highest BCUT2D eigenvalue weighted by Crippen LogP contribution is 2.44. The highest BCUT2D eigenvalue weighted by Gasteiger charge is 2.29. The minimum atomic E-state index is -0.379. The molecule has 3 heterocycles. The van der Waals surface area contributed by atoms with Crippen LogP contribution in [0, 0.1) is 25.1 Å². The summed E-state index contributed by atoms with van der Waals surface area (Å²) in [5, 5.41) is 2.79. The van der Waals surface area contributed by atoms with E-state index in [9.17, 15) is 4.79 Å². The van der Waals surface area contributed by atoms with Crippen LogP contribution >= 0.6 is 0 Å². The first-order valence-corrected chi connectivity index (χ1v) is 11.9. The molecule has 2 aromatic heterocycles. The summed E-state index contributed by atoms with van der Waals surface area (Å²) >= 11 is 0. The van der Waals surface area contributed by atoms with Gasteiger partial charge in [-0.2, -0.15) is 0 Å². The van der Waals surface area contributed by atoms with Crippen LogP contribution in [0.25, 0.3) is 11.1 Å². The second kappa shape index (κ2) is 9.85. The minimum absolute atomic E-state index is 0.142. The summed E-state index contributed by atoms with van der Waals surface area (Å²) in [5.74, 6) is 2.08. The van der Waals surface area contributed by atoms with Crippen molar-refractivity contribution >= 4 is 17.3 Å². The predicted molar refractivity (Wildman–Crippen MR) is 134 cm³/mol. The lowest BCUT2D eigenvalue weighted by Gasteiger charge is -2.31. The number of terminal acetylenes is 1. The molecule has 35 heavy (non-hydrogen) atoms. The Morgan fingerprint density at radius 3 is 2.63 bits per heavy atom. The predicted octanol–water partition coefficient (Wildman–Crippen LogP) is 4.93. The number of nitrogens with zero attached hydrogens (tertiary/aromatic N) is 3. The van der Waals surface area contributed by atoms with E-state index in [-0.39, 0.29) is 23.3 Å². The van der Waals surface area contributed by atoms with Crippen LogP contribution in [0.1, 0.15) is 52.4 Å². The lowest BCUT2D eigenvalue weighted by molar-refractivity contribution is 0.102. The van der Waals surface area contributed by atoms with E-state index >= 15 is 4.39 Å². The number of amides is 1. The van der Waals surface area contributed by atoms with Gasteiger partial charge < -0.3 is 15.0 Å². The van der Waals surface area contributed by atoms with E-state index in [1.165, 1.54) is 12.4 Å². The molecule has 2 aliphatic rings. The quantitative estimate of drug-likeness (QED) is 0.536. The molecule has 1 saturated heterocycles. The molecule has 0 atom stereocenters. The molecule has 1 saturated carbocycles. The number of halogens is 1. The van der Waals surface area contributed by atoms with Gasteiger partial charge in [0, 0.05) is 42.8 Å². The van der Waals surface area contributed by atoms with Crippen molar-refractivity contribution in [3.05, 3.63) is 71.1 Å². The number of carbonyl (C=O) groups excluding carboxylic acids is 1. The van der Waals surface area contributed by atoms with Gasteiger partial charge in [-0.1, -0.05) is 6.42 Å². The monoisotopic (exact) mass is 470 g/mol. The van der Waals surface area contributed by atoms with E-state index in [1.54, 1.807) is 24.4 Å². The van der Waals surface area contributed by atoms with Gasteiger partial charge in [-0.3, -0.25) is 9.78 Å². The largest absolute Gasteiger partial charge is 0.378 e. The second-order valence-electron chi connectivity index (χ2n) is 8.98. The number of aromatic nitrogens is 2. The number of morpholine rings is 1. The zero-order valence-corrected chi connectivity index (χ0v) is 19.7. The van der Waals surface area contributed by atoms with Crippen molar-refractivity contribution in [1.29, 1.82) is 0 Å². The SMILES string of the molecule is C#Cc1ncc(-c2cc(NC(=O)c3ccncc3)c(F)c(C3CCC3)c2C)cc1N1CCOCC1. The maximum Gasteiger partial charge on any atom is 0.255 e. The third-order valence-corrected chi connectivity index (χ3v) is 6.94. The second-order valence-corrected chi connectivity index (χ2v) is 8.98. The van der Waals surface area contributed by atoms with Gasteiger partial charge in [0.15, 0.2) is 0 Å². The number of nitrogens with one attached hydrogen (secondary N) is 1. The summed E-state index contributed by atoms with van der Waals surface area (Å²) in [5.41, 5.74) is 5.24. The Morgan fingerprint density at radius 1 is 1.23 bits per heavy atom. The van der Waals surface area contributed by atoms with E-state index in [4.69, 9.17) is 11.2 Å². The standard InChI is InChI=1S/C28H27FN4O2/c1-3-23-25(33-11-13-35-14-12-33)15-21(17-31-23)22-16-24(32-28(34)20-7-9-30-10-8-20)27(29)26(18(22)2)19-5-4-6-19/h1,7-10,15-17,19H,4-6,11-14H2,2H3,(H,32,34). The lowest BCUT2D eigenvalue weighted by atomic mass is 9.76. The summed E-state index contributed by atoms with van der Waals surface area (Å²) in [6, 6.07) is 6.94. The average Bonchev–Trinajstić information content (AvgIpc) is 2.87. The molecule has 0 unspecified atom stereocenters. The van der Waals surface area contributed by atoms with Crippen LogP contribution in [0.4, 0.5) is 15.8 Å². The van der Waals surface area contributed by atoms with Crippen molar-refractivity contribution in [2.24, 2.45) is 0 Å². The van der Waals surface area contributed by atoms with E-state index < -0.39 is 0 Å². The van der Waals surface area contributed by atoms with Crippen molar-refractivity contribution in [3.63, 3.8) is 0 Å². The molecule has 178 valence electrons. The van der Waals surface area contributed by atoms with E-state index in [0.29, 0.717) is 30.0 Å². The average molecular weight is 471 g/mol. The number of anilines is 2. The number of pyridine rings is 2. The molecule has 7 heteroatoms. The highest BCUT2D eigenvalue weighted by atomic mass is 19.1. The summed E-state index contributed by atoms with van der Waals surface area (Å²) < 4.78 is 21.3. The molecule has 0 spiro atoms. The molecule has 6 nitrogen and oxygen atoms in total. The van der Waals surface area contributed by atoms with E-state index in [1.807, 2.05) is 13.0 Å². The van der Waals surface area contributed by atoms with Crippen LogP contribution in [0.3, 0.4) is 0 Å². The fourth-order valence-electron chi connectivity index (χ4n) is 4.80. The molecule has 5 rings (SSSR count). The Balaban J connectivity index is 1.60. The van der Waals surface area contributed by atoms with Gasteiger partial charge >= 0.3 is 0 Å². The van der Waals surface area contributed by atoms with Crippen molar-refractivity contribution in [3.8, 4) is 23.5 Å². The molecule has 1 aliphatic carbocycles. The summed E-state index contributed by atoms with van der Waals surface area (Å²) in [6.45, 7) is 4.65. The van der Waals surface area contributed by atoms with Gasteiger partial charge in [-0.15, -0.1) is 6.42 Å². The first kappa shape index (κ1) is 23.0. The summed E-state index contributed by atoms with van der Waals surface area (Å²) in [6.07, 6.45) is 13.5. The van der Waals surface area contributed by atoms with Crippen LogP contribution in [-0.2, 0) is 4.74 Å². The Hall–Kier alpha value is -3.76. The Kier molecular flexibility index (Phi) is 6.47. The number of rotatable bonds is 5. The smallest absolute Gasteiger partial charge is 0.255 e. The first-order valence-electron chi connectivity index (χ1n) is 11.9. The van der Waals surface area contributed by atoms with Gasteiger partial charge in [0.05, 0.1) is 24.6 Å². The Morgan fingerprint density at radius 2 is 1.97 bits per heavy atom. The third-order valence-electron chi connectivity index (χ3n) is 6.94. The maximum atomic E-state index is 15.8.